The van der Waals surface area contributed by atoms with Crippen molar-refractivity contribution in [3.8, 4) is 6.07 Å². The fourth-order valence-electron chi connectivity index (χ4n) is 4.06. The molecule has 6 nitrogen and oxygen atoms in total. The van der Waals surface area contributed by atoms with E-state index in [1.807, 2.05) is 42.6 Å². The van der Waals surface area contributed by atoms with Gasteiger partial charge in [0.2, 0.25) is 11.8 Å². The minimum Gasteiger partial charge on any atom is -0.425 e. The number of aromatic nitrogens is 3. The zero-order chi connectivity index (χ0) is 19.6. The van der Waals surface area contributed by atoms with Gasteiger partial charge in [-0.3, -0.25) is 4.90 Å². The Morgan fingerprint density at radius 3 is 2.86 bits per heavy atom. The highest BCUT2D eigenvalue weighted by atomic mass is 16.4. The number of likely N-dealkylation sites (tertiary alicyclic amines) is 1. The third-order valence-electron chi connectivity index (χ3n) is 5.61. The zero-order valence-corrected chi connectivity index (χ0v) is 16.0. The van der Waals surface area contributed by atoms with Crippen molar-refractivity contribution in [1.82, 2.24) is 20.1 Å². The minimum absolute atomic E-state index is 0.276. The van der Waals surface area contributed by atoms with E-state index in [4.69, 9.17) is 9.68 Å². The Labute approximate surface area is 168 Å². The molecule has 0 saturated carbocycles. The lowest BCUT2D eigenvalue weighted by Crippen LogP contribution is -2.19. The summed E-state index contributed by atoms with van der Waals surface area (Å²) in [6, 6.07) is 18.2. The third-order valence-corrected chi connectivity index (χ3v) is 5.61. The summed E-state index contributed by atoms with van der Waals surface area (Å²) in [4.78, 5) is 5.69. The summed E-state index contributed by atoms with van der Waals surface area (Å²) in [5, 5.41) is 18.7. The van der Waals surface area contributed by atoms with Crippen molar-refractivity contribution in [3.05, 3.63) is 83.2 Å². The molecule has 1 atom stereocenters. The fraction of sp³-hybridized carbons (Fsp3) is 0.261. The molecule has 1 saturated heterocycles. The number of hydrogen-bond donors (Lipinski definition) is 1. The molecule has 0 bridgehead atoms. The van der Waals surface area contributed by atoms with Crippen LogP contribution in [-0.4, -0.2) is 33.2 Å². The highest BCUT2D eigenvalue weighted by molar-refractivity contribution is 5.83. The molecule has 29 heavy (non-hydrogen) atoms. The maximum absolute atomic E-state index is 8.92. The van der Waals surface area contributed by atoms with Crippen molar-refractivity contribution in [2.45, 2.75) is 25.3 Å². The van der Waals surface area contributed by atoms with E-state index in [2.05, 4.69) is 38.3 Å². The van der Waals surface area contributed by atoms with Gasteiger partial charge in [-0.25, -0.2) is 0 Å². The Kier molecular flexibility index (Phi) is 4.59. The van der Waals surface area contributed by atoms with E-state index in [1.54, 1.807) is 0 Å². The van der Waals surface area contributed by atoms with E-state index >= 15 is 0 Å². The largest absolute Gasteiger partial charge is 0.425 e. The number of hydrogen-bond acceptors (Lipinski definition) is 5. The second-order valence-corrected chi connectivity index (χ2v) is 7.60. The molecule has 0 aliphatic carbocycles. The summed E-state index contributed by atoms with van der Waals surface area (Å²) < 4.78 is 6.02. The van der Waals surface area contributed by atoms with Gasteiger partial charge in [-0.05, 0) is 42.3 Å². The van der Waals surface area contributed by atoms with Gasteiger partial charge in [0.25, 0.3) is 0 Å². The van der Waals surface area contributed by atoms with Gasteiger partial charge in [-0.2, -0.15) is 5.26 Å². The molecule has 1 aliphatic rings. The SMILES string of the molecule is N#Cc1ccc(CN2CCC(c3nnc(Cc4c[nH]c5ccccc45)o3)C2)cc1. The fourth-order valence-corrected chi connectivity index (χ4v) is 4.06. The number of nitriles is 1. The van der Waals surface area contributed by atoms with Crippen LogP contribution in [0.25, 0.3) is 10.9 Å². The molecule has 6 heteroatoms. The molecule has 2 aromatic carbocycles. The molecule has 4 aromatic rings. The Morgan fingerprint density at radius 2 is 2.00 bits per heavy atom. The Hall–Kier alpha value is -3.43. The number of nitrogens with one attached hydrogen (secondary N) is 1. The van der Waals surface area contributed by atoms with Gasteiger partial charge in [0.05, 0.1) is 24.0 Å². The van der Waals surface area contributed by atoms with Crippen LogP contribution < -0.4 is 0 Å². The van der Waals surface area contributed by atoms with Crippen molar-refractivity contribution < 1.29 is 4.42 Å². The molecule has 1 fully saturated rings. The van der Waals surface area contributed by atoms with Crippen LogP contribution >= 0.6 is 0 Å². The average Bonchev–Trinajstić information content (AvgIpc) is 3.49. The number of fused-ring (bicyclic) bond motifs is 1. The molecule has 0 radical (unpaired) electrons. The number of aromatic amines is 1. The molecule has 144 valence electrons. The van der Waals surface area contributed by atoms with Gasteiger partial charge in [-0.15, -0.1) is 10.2 Å². The highest BCUT2D eigenvalue weighted by Crippen LogP contribution is 2.28. The predicted octanol–water partition coefficient (Wildman–Crippen LogP) is 4.00. The van der Waals surface area contributed by atoms with Crippen molar-refractivity contribution >= 4 is 10.9 Å². The number of benzene rings is 2. The first-order valence-corrected chi connectivity index (χ1v) is 9.87. The number of nitrogens with zero attached hydrogens (tertiary/aromatic N) is 4. The van der Waals surface area contributed by atoms with Gasteiger partial charge in [0.1, 0.15) is 0 Å². The lowest BCUT2D eigenvalue weighted by Gasteiger charge is -2.15. The normalized spacial score (nSPS) is 17.0. The van der Waals surface area contributed by atoms with E-state index in [0.717, 1.165) is 37.5 Å². The van der Waals surface area contributed by atoms with Crippen LogP contribution in [0.5, 0.6) is 0 Å². The molecule has 5 rings (SSSR count). The summed E-state index contributed by atoms with van der Waals surface area (Å²) in [6.07, 6.45) is 3.67. The van der Waals surface area contributed by atoms with Crippen LogP contribution in [0.2, 0.25) is 0 Å². The summed E-state index contributed by atoms with van der Waals surface area (Å²) >= 11 is 0. The zero-order valence-electron chi connectivity index (χ0n) is 16.0. The second-order valence-electron chi connectivity index (χ2n) is 7.60. The molecule has 1 unspecified atom stereocenters. The first kappa shape index (κ1) is 17.7. The number of rotatable bonds is 5. The average molecular weight is 383 g/mol. The first-order chi connectivity index (χ1) is 14.3. The quantitative estimate of drug-likeness (QED) is 0.563. The highest BCUT2D eigenvalue weighted by Gasteiger charge is 2.28. The molecule has 1 N–H and O–H groups in total. The Balaban J connectivity index is 1.23. The standard InChI is InChI=1S/C23H21N5O/c24-12-16-5-7-17(8-6-16)14-28-10-9-18(15-28)23-27-26-22(29-23)11-19-13-25-21-4-2-1-3-20(19)21/h1-8,13,18,25H,9-11,14-15H2. The van der Waals surface area contributed by atoms with E-state index in [1.165, 1.54) is 16.5 Å². The van der Waals surface area contributed by atoms with E-state index in [0.29, 0.717) is 17.9 Å². The molecule has 2 aromatic heterocycles. The number of para-hydroxylation sites is 1. The molecule has 0 spiro atoms. The first-order valence-electron chi connectivity index (χ1n) is 9.87. The summed E-state index contributed by atoms with van der Waals surface area (Å²) in [7, 11) is 0. The Morgan fingerprint density at radius 1 is 1.14 bits per heavy atom. The molecular formula is C23H21N5O. The van der Waals surface area contributed by atoms with Crippen molar-refractivity contribution in [2.24, 2.45) is 0 Å². The third kappa shape index (κ3) is 3.65. The monoisotopic (exact) mass is 383 g/mol. The lowest BCUT2D eigenvalue weighted by molar-refractivity contribution is 0.318. The minimum atomic E-state index is 0.276. The van der Waals surface area contributed by atoms with Gasteiger partial charge in [0.15, 0.2) is 0 Å². The van der Waals surface area contributed by atoms with Crippen molar-refractivity contribution in [3.63, 3.8) is 0 Å². The van der Waals surface area contributed by atoms with Crippen LogP contribution in [0.4, 0.5) is 0 Å². The van der Waals surface area contributed by atoms with Crippen LogP contribution in [0.3, 0.4) is 0 Å². The predicted molar refractivity (Wildman–Crippen MR) is 109 cm³/mol. The van der Waals surface area contributed by atoms with Crippen LogP contribution in [0, 0.1) is 11.3 Å². The van der Waals surface area contributed by atoms with Crippen molar-refractivity contribution in [1.29, 1.82) is 5.26 Å². The maximum Gasteiger partial charge on any atom is 0.221 e. The van der Waals surface area contributed by atoms with Crippen LogP contribution in [0.1, 0.15) is 40.8 Å². The topological polar surface area (TPSA) is 81.7 Å². The summed E-state index contributed by atoms with van der Waals surface area (Å²) in [6.45, 7) is 2.79. The van der Waals surface area contributed by atoms with Gasteiger partial charge in [0, 0.05) is 30.2 Å². The van der Waals surface area contributed by atoms with Crippen LogP contribution in [0.15, 0.2) is 59.1 Å². The summed E-state index contributed by atoms with van der Waals surface area (Å²) in [5.74, 6) is 1.68. The van der Waals surface area contributed by atoms with Gasteiger partial charge >= 0.3 is 0 Å². The number of H-pyrrole nitrogens is 1. The second kappa shape index (κ2) is 7.53. The van der Waals surface area contributed by atoms with Crippen molar-refractivity contribution in [2.75, 3.05) is 13.1 Å². The Bertz CT molecular complexity index is 1170. The van der Waals surface area contributed by atoms with Crippen LogP contribution in [-0.2, 0) is 13.0 Å². The molecule has 0 amide bonds. The van der Waals surface area contributed by atoms with Gasteiger partial charge < -0.3 is 9.40 Å². The molecule has 1 aliphatic heterocycles. The van der Waals surface area contributed by atoms with E-state index in [-0.39, 0.29) is 5.92 Å². The maximum atomic E-state index is 8.92. The van der Waals surface area contributed by atoms with Gasteiger partial charge in [-0.1, -0.05) is 30.3 Å². The van der Waals surface area contributed by atoms with E-state index < -0.39 is 0 Å². The lowest BCUT2D eigenvalue weighted by atomic mass is 10.1. The molecule has 3 heterocycles. The molecular weight excluding hydrogens is 362 g/mol. The smallest absolute Gasteiger partial charge is 0.221 e. The van der Waals surface area contributed by atoms with E-state index in [9.17, 15) is 0 Å². The summed E-state index contributed by atoms with van der Waals surface area (Å²) in [5.41, 5.74) is 4.21.